The molecule has 32 heavy (non-hydrogen) atoms. The van der Waals surface area contributed by atoms with Crippen LogP contribution in [0.3, 0.4) is 0 Å². The summed E-state index contributed by atoms with van der Waals surface area (Å²) in [5.74, 6) is -1.10. The first-order chi connectivity index (χ1) is 15.2. The van der Waals surface area contributed by atoms with Crippen LogP contribution in [0.15, 0.2) is 44.3 Å². The van der Waals surface area contributed by atoms with Crippen molar-refractivity contribution in [3.05, 3.63) is 40.2 Å². The minimum Gasteiger partial charge on any atom is -0.481 e. The number of sulfone groups is 1. The van der Waals surface area contributed by atoms with Crippen molar-refractivity contribution in [3.8, 4) is 0 Å². The zero-order valence-electron chi connectivity index (χ0n) is 18.1. The van der Waals surface area contributed by atoms with Crippen molar-refractivity contribution in [1.82, 2.24) is 9.55 Å². The highest BCUT2D eigenvalue weighted by Crippen LogP contribution is 2.48. The zero-order valence-corrected chi connectivity index (χ0v) is 21.3. The van der Waals surface area contributed by atoms with Crippen LogP contribution in [0.2, 0.25) is 0 Å². The Labute approximate surface area is 202 Å². The van der Waals surface area contributed by atoms with Crippen molar-refractivity contribution < 1.29 is 18.3 Å². The smallest absolute Gasteiger partial charge is 0.304 e. The van der Waals surface area contributed by atoms with Gasteiger partial charge >= 0.3 is 5.97 Å². The Morgan fingerprint density at radius 1 is 1.34 bits per heavy atom. The Morgan fingerprint density at radius 3 is 2.69 bits per heavy atom. The Hall–Kier alpha value is -1.48. The molecule has 2 aromatic rings. The van der Waals surface area contributed by atoms with Crippen molar-refractivity contribution >= 4 is 61.8 Å². The molecule has 2 unspecified atom stereocenters. The summed E-state index contributed by atoms with van der Waals surface area (Å²) in [7, 11) is -3.52. The van der Waals surface area contributed by atoms with Gasteiger partial charge in [-0.05, 0) is 31.4 Å². The van der Waals surface area contributed by atoms with Crippen LogP contribution in [0.1, 0.15) is 51.1 Å². The van der Waals surface area contributed by atoms with E-state index >= 15 is 0 Å². The van der Waals surface area contributed by atoms with E-state index in [9.17, 15) is 18.3 Å². The third-order valence-electron chi connectivity index (χ3n) is 5.41. The Kier molecular flexibility index (Phi) is 8.02. The maximum Gasteiger partial charge on any atom is 0.304 e. The first-order valence-electron chi connectivity index (χ1n) is 10.5. The minimum absolute atomic E-state index is 0.0158. The van der Waals surface area contributed by atoms with Gasteiger partial charge < -0.3 is 9.67 Å². The Morgan fingerprint density at radius 2 is 2.06 bits per heavy atom. The molecule has 0 fully saturated rings. The highest BCUT2D eigenvalue weighted by atomic mass is 35.5. The normalized spacial score (nSPS) is 20.7. The van der Waals surface area contributed by atoms with Gasteiger partial charge in [0.2, 0.25) is 0 Å². The number of carboxylic acid groups (broad SMARTS) is 1. The van der Waals surface area contributed by atoms with Gasteiger partial charge in [-0.25, -0.2) is 13.4 Å². The standard InChI is InChI=1S/C20H20Cl2N2O4S2.C2H6/c1-30(27,28)15-6-7-23-20-17(15)19(29-14-5-4-12(21)10-13(14)22)18-11(9-16(25)26)3-2-8-24(18)20;1-2/h4,6-7,10-11,14H,2-3,5,8-9H2,1H3,(H,25,26);1-2H3. The fourth-order valence-corrected chi connectivity index (χ4v) is 7.10. The van der Waals surface area contributed by atoms with E-state index in [0.717, 1.165) is 23.4 Å². The molecule has 3 heterocycles. The minimum atomic E-state index is -3.52. The number of pyridine rings is 1. The van der Waals surface area contributed by atoms with Crippen LogP contribution in [0.5, 0.6) is 0 Å². The molecule has 174 valence electrons. The third kappa shape index (κ3) is 5.03. The van der Waals surface area contributed by atoms with Crippen LogP contribution in [-0.2, 0) is 21.2 Å². The van der Waals surface area contributed by atoms with Crippen LogP contribution >= 0.6 is 35.0 Å². The van der Waals surface area contributed by atoms with E-state index in [1.54, 1.807) is 6.08 Å². The number of fused-ring (bicyclic) bond motifs is 3. The zero-order chi connectivity index (χ0) is 23.6. The molecule has 2 aliphatic rings. The summed E-state index contributed by atoms with van der Waals surface area (Å²) in [6.07, 6.45) is 8.37. The summed E-state index contributed by atoms with van der Waals surface area (Å²) in [6.45, 7) is 4.67. The van der Waals surface area contributed by atoms with Crippen molar-refractivity contribution in [2.24, 2.45) is 0 Å². The van der Waals surface area contributed by atoms with Gasteiger partial charge in [-0.3, -0.25) is 4.79 Å². The predicted molar refractivity (Wildman–Crippen MR) is 131 cm³/mol. The number of hydrogen-bond donors (Lipinski definition) is 1. The molecule has 1 N–H and O–H groups in total. The largest absolute Gasteiger partial charge is 0.481 e. The second-order valence-electron chi connectivity index (χ2n) is 7.54. The molecule has 1 aliphatic carbocycles. The number of rotatable bonds is 5. The molecule has 0 bridgehead atoms. The Balaban J connectivity index is 0.00000141. The lowest BCUT2D eigenvalue weighted by Crippen LogP contribution is -2.19. The highest BCUT2D eigenvalue weighted by Gasteiger charge is 2.34. The van der Waals surface area contributed by atoms with Gasteiger partial charge in [0.1, 0.15) is 5.65 Å². The average Bonchev–Trinajstić information content (AvgIpc) is 3.05. The summed E-state index contributed by atoms with van der Waals surface area (Å²) in [6, 6.07) is 1.51. The predicted octanol–water partition coefficient (Wildman–Crippen LogP) is 5.93. The molecular formula is C22H26Cl2N2O4S2. The lowest BCUT2D eigenvalue weighted by atomic mass is 9.93. The number of allylic oxidation sites excluding steroid dienone is 3. The van der Waals surface area contributed by atoms with E-state index in [1.165, 1.54) is 30.3 Å². The SMILES string of the molecule is CC.CS(=O)(=O)c1ccnc2c1c(SC1CC=C(Cl)C=C1Cl)c1n2CCCC1CC(=O)O. The van der Waals surface area contributed by atoms with Crippen LogP contribution in [0, 0.1) is 0 Å². The molecule has 1 aliphatic heterocycles. The van der Waals surface area contributed by atoms with Crippen molar-refractivity contribution in [2.75, 3.05) is 6.26 Å². The van der Waals surface area contributed by atoms with Crippen LogP contribution < -0.4 is 0 Å². The van der Waals surface area contributed by atoms with Gasteiger partial charge in [0, 0.05) is 50.8 Å². The summed E-state index contributed by atoms with van der Waals surface area (Å²) < 4.78 is 27.1. The first-order valence-corrected chi connectivity index (χ1v) is 14.0. The maximum absolute atomic E-state index is 12.6. The van der Waals surface area contributed by atoms with Gasteiger partial charge in [-0.1, -0.05) is 43.1 Å². The third-order valence-corrected chi connectivity index (χ3v) is 8.70. The van der Waals surface area contributed by atoms with Crippen molar-refractivity contribution in [3.63, 3.8) is 0 Å². The summed E-state index contributed by atoms with van der Waals surface area (Å²) in [5, 5.41) is 11.0. The van der Waals surface area contributed by atoms with E-state index < -0.39 is 15.8 Å². The van der Waals surface area contributed by atoms with E-state index in [0.29, 0.717) is 34.1 Å². The van der Waals surface area contributed by atoms with Gasteiger partial charge in [-0.15, -0.1) is 11.8 Å². The second-order valence-corrected chi connectivity index (χ2v) is 11.6. The summed E-state index contributed by atoms with van der Waals surface area (Å²) >= 11 is 14.0. The number of aromatic nitrogens is 2. The van der Waals surface area contributed by atoms with E-state index in [1.807, 2.05) is 24.5 Å². The molecule has 6 nitrogen and oxygen atoms in total. The first kappa shape index (κ1) is 25.1. The van der Waals surface area contributed by atoms with E-state index in [2.05, 4.69) is 4.98 Å². The van der Waals surface area contributed by atoms with Gasteiger partial charge in [0.25, 0.3) is 0 Å². The maximum atomic E-state index is 12.6. The molecule has 4 rings (SSSR count). The summed E-state index contributed by atoms with van der Waals surface area (Å²) in [5.41, 5.74) is 1.42. The molecule has 10 heteroatoms. The van der Waals surface area contributed by atoms with Gasteiger partial charge in [0.05, 0.1) is 16.7 Å². The van der Waals surface area contributed by atoms with E-state index in [4.69, 9.17) is 23.2 Å². The van der Waals surface area contributed by atoms with Crippen LogP contribution in [-0.4, -0.2) is 40.6 Å². The fourth-order valence-electron chi connectivity index (χ4n) is 4.18. The number of nitrogens with zero attached hydrogens (tertiary/aromatic N) is 2. The number of aliphatic carboxylic acids is 1. The van der Waals surface area contributed by atoms with Crippen molar-refractivity contribution in [1.29, 1.82) is 0 Å². The highest BCUT2D eigenvalue weighted by molar-refractivity contribution is 8.00. The number of carbonyl (C=O) groups is 1. The van der Waals surface area contributed by atoms with E-state index in [-0.39, 0.29) is 22.5 Å². The lowest BCUT2D eigenvalue weighted by molar-refractivity contribution is -0.137. The molecule has 2 atom stereocenters. The number of carboxylic acids is 1. The van der Waals surface area contributed by atoms with Crippen molar-refractivity contribution in [2.45, 2.75) is 67.0 Å². The second kappa shape index (κ2) is 10.2. The fraction of sp³-hybridized carbons (Fsp3) is 0.455. The molecule has 0 saturated carbocycles. The molecule has 0 aromatic carbocycles. The van der Waals surface area contributed by atoms with Gasteiger partial charge in [0.15, 0.2) is 9.84 Å². The molecule has 0 spiro atoms. The molecule has 2 aromatic heterocycles. The number of thioether (sulfide) groups is 1. The average molecular weight is 518 g/mol. The quantitative estimate of drug-likeness (QED) is 0.529. The molecule has 0 radical (unpaired) electrons. The van der Waals surface area contributed by atoms with Crippen LogP contribution in [0.25, 0.3) is 11.0 Å². The number of aryl methyl sites for hydroxylation is 1. The number of halogens is 2. The van der Waals surface area contributed by atoms with Crippen LogP contribution in [0.4, 0.5) is 0 Å². The van der Waals surface area contributed by atoms with Gasteiger partial charge in [-0.2, -0.15) is 0 Å². The number of hydrogen-bond acceptors (Lipinski definition) is 5. The monoisotopic (exact) mass is 516 g/mol. The molecule has 0 amide bonds. The molecule has 0 saturated heterocycles. The lowest BCUT2D eigenvalue weighted by Gasteiger charge is -2.26. The topological polar surface area (TPSA) is 89.3 Å². The molecular weight excluding hydrogens is 491 g/mol. The Bertz CT molecular complexity index is 1200. The summed E-state index contributed by atoms with van der Waals surface area (Å²) in [4.78, 5) is 17.0.